The van der Waals surface area contributed by atoms with E-state index in [2.05, 4.69) is 0 Å². The van der Waals surface area contributed by atoms with E-state index in [0.717, 1.165) is 0 Å². The maximum atomic E-state index is 8.52. The third-order valence-electron chi connectivity index (χ3n) is 0. The van der Waals surface area contributed by atoms with Gasteiger partial charge in [-0.25, -0.2) is 0 Å². The third kappa shape index (κ3) is 4860. The minimum Gasteiger partial charge on any atom is -0.759 e. The molecule has 14 heavy (non-hydrogen) atoms. The minimum absolute atomic E-state index is 0. The summed E-state index contributed by atoms with van der Waals surface area (Å²) in [5, 5.41) is 0. The van der Waals surface area contributed by atoms with Crippen LogP contribution in [0.5, 0.6) is 0 Å². The molecule has 11 nitrogen and oxygen atoms in total. The van der Waals surface area contributed by atoms with E-state index in [1.807, 2.05) is 0 Å². The van der Waals surface area contributed by atoms with Gasteiger partial charge in [0.1, 0.15) is 0 Å². The van der Waals surface area contributed by atoms with Gasteiger partial charge in [0.15, 0.2) is 0 Å². The maximum Gasteiger partial charge on any atom is 2.00 e. The topological polar surface area (TPSA) is 304 Å². The van der Waals surface area contributed by atoms with Crippen molar-refractivity contribution in [2.24, 2.45) is 0 Å². The van der Waals surface area contributed by atoms with E-state index in [1.165, 1.54) is 0 Å². The van der Waals surface area contributed by atoms with Crippen LogP contribution in [0.2, 0.25) is 0 Å². The molecule has 0 atom stereocenters. The molecule has 0 aliphatic carbocycles. The third-order valence-corrected chi connectivity index (χ3v) is 0. The van der Waals surface area contributed by atoms with E-state index >= 15 is 0 Å². The normalized spacial score (nSPS) is 4.14. The van der Waals surface area contributed by atoms with Crippen molar-refractivity contribution in [3.8, 4) is 0 Å². The van der Waals surface area contributed by atoms with Crippen LogP contribution >= 0.6 is 0 Å². The van der Waals surface area contributed by atoms with Crippen molar-refractivity contribution in [2.75, 3.05) is 0 Å². The summed E-state index contributed by atoms with van der Waals surface area (Å²) < 4.78 is 34.1. The van der Waals surface area contributed by atoms with E-state index in [-0.39, 0.29) is 72.3 Å². The second kappa shape index (κ2) is 49.6. The van der Waals surface area contributed by atoms with Crippen molar-refractivity contribution in [1.29, 1.82) is 0 Å². The van der Waals surface area contributed by atoms with Gasteiger partial charge >= 0.3 is 33.3 Å². The summed E-state index contributed by atoms with van der Waals surface area (Å²) in [6.07, 6.45) is 0. The monoisotopic (exact) mass is 338 g/mol. The second-order valence-corrected chi connectivity index (χ2v) is 1.22. The number of hydrogen-bond acceptors (Lipinski definition) is 5. The van der Waals surface area contributed by atoms with Crippen LogP contribution < -0.4 is 6.15 Å². The van der Waals surface area contributed by atoms with E-state index in [9.17, 15) is 0 Å². The molecule has 103 valence electrons. The molecule has 0 saturated carbocycles. The minimum atomic E-state index is -5.17. The van der Waals surface area contributed by atoms with Crippen LogP contribution in [0, 0.1) is 0 Å². The van der Waals surface area contributed by atoms with E-state index in [4.69, 9.17) is 17.5 Å². The molecule has 0 aromatic heterocycles. The molecule has 0 unspecified atom stereocenters. The summed E-state index contributed by atoms with van der Waals surface area (Å²) >= 11 is 0. The molecule has 0 bridgehead atoms. The van der Waals surface area contributed by atoms with Crippen LogP contribution in [0.3, 0.4) is 0 Å². The van der Waals surface area contributed by atoms with Gasteiger partial charge in [-0.15, -0.1) is 0 Å². The van der Waals surface area contributed by atoms with Crippen LogP contribution in [-0.2, 0) is 43.7 Å². The Bertz CT molecular complexity index is 103. The number of hydrogen-bond donors (Lipinski definition) is 1. The summed E-state index contributed by atoms with van der Waals surface area (Å²) in [5.74, 6) is 0. The first-order valence-corrected chi connectivity index (χ1v) is 2.00. The van der Waals surface area contributed by atoms with Gasteiger partial charge in [0.25, 0.3) is 0 Å². The Labute approximate surface area is 100 Å². The fourth-order valence-electron chi connectivity index (χ4n) is 0. The first kappa shape index (κ1) is 128. The van der Waals surface area contributed by atoms with E-state index < -0.39 is 10.4 Å². The molecule has 1 radical (unpaired) electrons. The van der Waals surface area contributed by atoms with Crippen LogP contribution in [0.4, 0.5) is 0 Å². The first-order valence-electron chi connectivity index (χ1n) is 0.667. The first-order chi connectivity index (χ1) is 2.00. The van der Waals surface area contributed by atoms with E-state index in [1.54, 1.807) is 0 Å². The Balaban J connectivity index is -0.00000000222. The molecule has 0 amide bonds. The van der Waals surface area contributed by atoms with Gasteiger partial charge in [-0.2, -0.15) is 0 Å². The molecular formula is H15CoNNiO10S+2. The fourth-order valence-corrected chi connectivity index (χ4v) is 0. The van der Waals surface area contributed by atoms with E-state index in [0.29, 0.717) is 0 Å². The summed E-state index contributed by atoms with van der Waals surface area (Å²) in [5.41, 5.74) is 0. The maximum absolute atomic E-state index is 8.52. The molecule has 0 rings (SSSR count). The summed E-state index contributed by atoms with van der Waals surface area (Å²) in [6.45, 7) is 0. The van der Waals surface area contributed by atoms with Gasteiger partial charge in [0, 0.05) is 10.4 Å². The van der Waals surface area contributed by atoms with Crippen molar-refractivity contribution < 1.29 is 83.7 Å². The molecule has 0 aromatic carbocycles. The molecule has 0 saturated heterocycles. The Morgan fingerprint density at radius 2 is 0.714 bits per heavy atom. The molecule has 15 N–H and O–H groups in total. The van der Waals surface area contributed by atoms with Crippen LogP contribution in [0.25, 0.3) is 0 Å². The fraction of sp³-hybridized carbons (Fsp3) is 0. The molecule has 0 aromatic rings. The van der Waals surface area contributed by atoms with Crippen LogP contribution in [0.1, 0.15) is 0 Å². The average Bonchev–Trinajstić information content (AvgIpc) is 0.722. The molecule has 0 spiro atoms. The molecule has 0 aliphatic rings. The number of rotatable bonds is 0. The van der Waals surface area contributed by atoms with Crippen LogP contribution in [-0.4, -0.2) is 50.4 Å². The predicted octanol–water partition coefficient (Wildman–Crippen LogP) is -6.13. The Hall–Kier alpha value is 0.590. The van der Waals surface area contributed by atoms with Crippen molar-refractivity contribution in [3.63, 3.8) is 0 Å². The van der Waals surface area contributed by atoms with Gasteiger partial charge in [0.05, 0.1) is 0 Å². The van der Waals surface area contributed by atoms with Crippen LogP contribution in [0.15, 0.2) is 0 Å². The predicted molar refractivity (Wildman–Crippen MR) is 37.2 cm³/mol. The van der Waals surface area contributed by atoms with Crippen molar-refractivity contribution in [1.82, 2.24) is 6.15 Å². The summed E-state index contributed by atoms with van der Waals surface area (Å²) in [4.78, 5) is 0. The van der Waals surface area contributed by atoms with Crippen molar-refractivity contribution >= 4 is 10.4 Å². The molecule has 0 aliphatic heterocycles. The van der Waals surface area contributed by atoms with Gasteiger partial charge in [-0.1, -0.05) is 0 Å². The molecule has 0 heterocycles. The smallest absolute Gasteiger partial charge is 0.759 e. The van der Waals surface area contributed by atoms with Gasteiger partial charge < -0.3 is 48.1 Å². The molecular weight excluding hydrogens is 324 g/mol. The zero-order valence-corrected chi connectivity index (χ0v) is 9.24. The average molecular weight is 339 g/mol. The van der Waals surface area contributed by atoms with Gasteiger partial charge in [-0.05, 0) is 0 Å². The SMILES string of the molecule is N.O.O.O.O.O.O.O=S(=O)([O-])[O-].[Co+2].[Ni+2]. The second-order valence-electron chi connectivity index (χ2n) is 0.408. The Morgan fingerprint density at radius 1 is 0.714 bits per heavy atom. The Morgan fingerprint density at radius 3 is 0.714 bits per heavy atom. The summed E-state index contributed by atoms with van der Waals surface area (Å²) in [7, 11) is -5.17. The Kier molecular flexibility index (Phi) is 453. The van der Waals surface area contributed by atoms with Crippen molar-refractivity contribution in [3.05, 3.63) is 0 Å². The summed E-state index contributed by atoms with van der Waals surface area (Å²) in [6, 6.07) is 0. The zero-order chi connectivity index (χ0) is 4.50. The zero-order valence-electron chi connectivity index (χ0n) is 6.40. The molecule has 14 heteroatoms. The quantitative estimate of drug-likeness (QED) is 0.255. The largest absolute Gasteiger partial charge is 2.00 e. The van der Waals surface area contributed by atoms with Gasteiger partial charge in [-0.3, -0.25) is 8.42 Å². The van der Waals surface area contributed by atoms with Gasteiger partial charge in [0.2, 0.25) is 0 Å². The van der Waals surface area contributed by atoms with Crippen molar-refractivity contribution in [2.45, 2.75) is 0 Å². The molecule has 0 fully saturated rings. The standard InChI is InChI=1S/Co.H3N.Ni.H2O4S.6H2O/c;;;1-5(2,3)4;;;;;;/h;1H3;;(H2,1,2,3,4);6*1H2/q+2;;+2;;;;;;;/p-2.